The van der Waals surface area contributed by atoms with E-state index >= 15 is 0 Å². The first-order valence-corrected chi connectivity index (χ1v) is 29.1. The quantitative estimate of drug-likeness (QED) is 0.0195. The molecule has 0 bridgehead atoms. The number of carbonyl (C=O) groups excluding carboxylic acids is 2. The lowest BCUT2D eigenvalue weighted by Crippen LogP contribution is -2.60. The number of unbranched alkanes of at least 4 members (excludes halogenated alkanes) is 27. The van der Waals surface area contributed by atoms with Crippen molar-refractivity contribution in [3.8, 4) is 0 Å². The molecular weight excluding hydrogens is 895 g/mol. The van der Waals surface area contributed by atoms with Crippen molar-refractivity contribution in [2.75, 3.05) is 19.8 Å². The van der Waals surface area contributed by atoms with Crippen molar-refractivity contribution < 1.29 is 49.3 Å². The van der Waals surface area contributed by atoms with E-state index in [0.717, 1.165) is 103 Å². The summed E-state index contributed by atoms with van der Waals surface area (Å²) in [5, 5.41) is 54.3. The molecule has 0 radical (unpaired) electrons. The summed E-state index contributed by atoms with van der Waals surface area (Å²) < 4.78 is 16.6. The molecule has 1 heterocycles. The van der Waals surface area contributed by atoms with Crippen LogP contribution >= 0.6 is 0 Å². The van der Waals surface area contributed by atoms with E-state index in [0.29, 0.717) is 25.9 Å². The van der Waals surface area contributed by atoms with Crippen LogP contribution in [-0.4, -0.2) is 100 Å². The first-order valence-electron chi connectivity index (χ1n) is 29.1. The molecule has 11 nitrogen and oxygen atoms in total. The molecule has 1 saturated heterocycles. The fourth-order valence-corrected chi connectivity index (χ4v) is 8.67. The second kappa shape index (κ2) is 49.6. The third-order valence-electron chi connectivity index (χ3n) is 13.3. The number of aliphatic hydroxyl groups excluding tert-OH is 5. The third-order valence-corrected chi connectivity index (χ3v) is 13.3. The molecule has 1 aliphatic rings. The van der Waals surface area contributed by atoms with Gasteiger partial charge in [-0.15, -0.1) is 0 Å². The Hall–Kier alpha value is -2.64. The van der Waals surface area contributed by atoms with Crippen molar-refractivity contribution in [1.82, 2.24) is 5.32 Å². The van der Waals surface area contributed by atoms with E-state index < -0.39 is 49.5 Å². The molecule has 1 aliphatic heterocycles. The maximum atomic E-state index is 13.0. The van der Waals surface area contributed by atoms with Gasteiger partial charge in [-0.1, -0.05) is 197 Å². The Balaban J connectivity index is 2.20. The van der Waals surface area contributed by atoms with Gasteiger partial charge in [-0.25, -0.2) is 0 Å². The van der Waals surface area contributed by atoms with Crippen molar-refractivity contribution in [1.29, 1.82) is 0 Å². The number of esters is 1. The number of rotatable bonds is 49. The Morgan fingerprint density at radius 3 is 1.48 bits per heavy atom. The van der Waals surface area contributed by atoms with Gasteiger partial charge >= 0.3 is 5.97 Å². The lowest BCUT2D eigenvalue weighted by atomic mass is 9.99. The molecule has 1 rings (SSSR count). The largest absolute Gasteiger partial charge is 0.466 e. The van der Waals surface area contributed by atoms with E-state index in [4.69, 9.17) is 14.2 Å². The van der Waals surface area contributed by atoms with E-state index in [1.807, 2.05) is 6.08 Å². The van der Waals surface area contributed by atoms with Crippen LogP contribution in [0.2, 0.25) is 0 Å². The molecule has 0 aromatic heterocycles. The lowest BCUT2D eigenvalue weighted by Gasteiger charge is -2.40. The van der Waals surface area contributed by atoms with Crippen LogP contribution in [0.25, 0.3) is 0 Å². The van der Waals surface area contributed by atoms with Crippen molar-refractivity contribution in [2.45, 2.75) is 288 Å². The average Bonchev–Trinajstić information content (AvgIpc) is 3.37. The van der Waals surface area contributed by atoms with Gasteiger partial charge in [0.15, 0.2) is 6.29 Å². The molecule has 1 amide bonds. The predicted molar refractivity (Wildman–Crippen MR) is 292 cm³/mol. The highest BCUT2D eigenvalue weighted by Gasteiger charge is 2.44. The number of hydrogen-bond acceptors (Lipinski definition) is 10. The Labute approximate surface area is 433 Å². The van der Waals surface area contributed by atoms with Crippen LogP contribution in [0.1, 0.15) is 245 Å². The minimum Gasteiger partial charge on any atom is -0.466 e. The second-order valence-electron chi connectivity index (χ2n) is 20.0. The highest BCUT2D eigenvalue weighted by atomic mass is 16.7. The van der Waals surface area contributed by atoms with Gasteiger partial charge in [-0.2, -0.15) is 0 Å². The molecule has 0 aliphatic carbocycles. The van der Waals surface area contributed by atoms with Gasteiger partial charge in [0.1, 0.15) is 24.4 Å². The number of allylic oxidation sites excluding steroid dienone is 9. The van der Waals surface area contributed by atoms with Crippen LogP contribution < -0.4 is 5.32 Å². The van der Waals surface area contributed by atoms with Gasteiger partial charge in [0.2, 0.25) is 5.91 Å². The zero-order valence-corrected chi connectivity index (χ0v) is 45.2. The number of carbonyl (C=O) groups is 2. The molecular formula is C60H107NO10. The minimum atomic E-state index is -1.59. The standard InChI is InChI=1S/C60H107NO10/c1-3-5-7-9-11-13-15-16-20-23-27-30-34-38-42-46-53(63)52(51-70-60-59(68)58(67)57(66)54(50-62)71-60)61-55(64)47-43-39-35-31-28-24-21-18-17-19-22-25-29-33-37-41-45-49-69-56(65)48-44-40-36-32-26-14-12-10-8-6-4-2/h15-17,19,25,27,29-30,42,46,52-54,57-60,62-63,66-68H,3-14,18,20-24,26,28,31-41,43-45,47-51H2,1-2H3,(H,61,64)/b16-15+,19-17-,29-25-,30-27+,46-42+. The molecule has 71 heavy (non-hydrogen) atoms. The Kier molecular flexibility index (Phi) is 46.3. The fourth-order valence-electron chi connectivity index (χ4n) is 8.67. The molecule has 1 fully saturated rings. The molecule has 0 aromatic carbocycles. The van der Waals surface area contributed by atoms with Crippen LogP contribution in [0.4, 0.5) is 0 Å². The zero-order chi connectivity index (χ0) is 51.7. The van der Waals surface area contributed by atoms with Crippen molar-refractivity contribution in [2.24, 2.45) is 0 Å². The number of ether oxygens (including phenoxy) is 3. The normalized spacial score (nSPS) is 19.6. The number of amides is 1. The van der Waals surface area contributed by atoms with Gasteiger partial charge < -0.3 is 45.1 Å². The highest BCUT2D eigenvalue weighted by Crippen LogP contribution is 2.23. The summed E-state index contributed by atoms with van der Waals surface area (Å²) >= 11 is 0. The van der Waals surface area contributed by atoms with Gasteiger partial charge in [0.25, 0.3) is 0 Å². The molecule has 0 spiro atoms. The summed E-state index contributed by atoms with van der Waals surface area (Å²) in [6.45, 7) is 4.24. The maximum absolute atomic E-state index is 13.0. The topological polar surface area (TPSA) is 175 Å². The maximum Gasteiger partial charge on any atom is 0.305 e. The van der Waals surface area contributed by atoms with Crippen LogP contribution in [0, 0.1) is 0 Å². The second-order valence-corrected chi connectivity index (χ2v) is 20.0. The molecule has 7 unspecified atom stereocenters. The number of nitrogens with one attached hydrogen (secondary N) is 1. The lowest BCUT2D eigenvalue weighted by molar-refractivity contribution is -0.302. The Bertz CT molecular complexity index is 1360. The molecule has 412 valence electrons. The monoisotopic (exact) mass is 1000 g/mol. The number of aliphatic hydroxyl groups is 5. The van der Waals surface area contributed by atoms with Crippen LogP contribution in [0.5, 0.6) is 0 Å². The summed E-state index contributed by atoms with van der Waals surface area (Å²) in [7, 11) is 0. The highest BCUT2D eigenvalue weighted by molar-refractivity contribution is 5.76. The van der Waals surface area contributed by atoms with Crippen LogP contribution in [-0.2, 0) is 23.8 Å². The van der Waals surface area contributed by atoms with Gasteiger partial charge in [0, 0.05) is 12.8 Å². The smallest absolute Gasteiger partial charge is 0.305 e. The SMILES string of the molecule is CCCCCCC/C=C/CC/C=C/CC/C=C/C(O)C(COC1OC(CO)C(O)C(O)C1O)NC(=O)CCCCCCCCC/C=C\C/C=C\CCCCCOC(=O)CCCCCCCCCCCCC. The van der Waals surface area contributed by atoms with Crippen LogP contribution in [0.15, 0.2) is 60.8 Å². The molecule has 6 N–H and O–H groups in total. The summed E-state index contributed by atoms with van der Waals surface area (Å²) in [6.07, 6.45) is 53.0. The van der Waals surface area contributed by atoms with Crippen LogP contribution in [0.3, 0.4) is 0 Å². The van der Waals surface area contributed by atoms with Crippen molar-refractivity contribution >= 4 is 11.9 Å². The predicted octanol–water partition coefficient (Wildman–Crippen LogP) is 13.1. The summed E-state index contributed by atoms with van der Waals surface area (Å²) in [4.78, 5) is 25.0. The van der Waals surface area contributed by atoms with Gasteiger partial charge in [-0.05, 0) is 96.3 Å². The van der Waals surface area contributed by atoms with E-state index in [9.17, 15) is 35.1 Å². The van der Waals surface area contributed by atoms with E-state index in [1.165, 1.54) is 109 Å². The van der Waals surface area contributed by atoms with E-state index in [-0.39, 0.29) is 18.5 Å². The summed E-state index contributed by atoms with van der Waals surface area (Å²) in [6, 6.07) is -0.848. The Morgan fingerprint density at radius 1 is 0.521 bits per heavy atom. The first-order chi connectivity index (χ1) is 34.7. The molecule has 11 heteroatoms. The Morgan fingerprint density at radius 2 is 0.958 bits per heavy atom. The average molecular weight is 1000 g/mol. The van der Waals surface area contributed by atoms with Gasteiger partial charge in [-0.3, -0.25) is 9.59 Å². The van der Waals surface area contributed by atoms with Crippen molar-refractivity contribution in [3.05, 3.63) is 60.8 Å². The first kappa shape index (κ1) is 66.4. The zero-order valence-electron chi connectivity index (χ0n) is 45.2. The van der Waals surface area contributed by atoms with E-state index in [2.05, 4.69) is 67.8 Å². The van der Waals surface area contributed by atoms with E-state index in [1.54, 1.807) is 6.08 Å². The molecule has 0 saturated carbocycles. The molecule has 7 atom stereocenters. The summed E-state index contributed by atoms with van der Waals surface area (Å²) in [5.41, 5.74) is 0. The van der Waals surface area contributed by atoms with Gasteiger partial charge in [0.05, 0.1) is 32.0 Å². The minimum absolute atomic E-state index is 0.0346. The number of hydrogen-bond donors (Lipinski definition) is 6. The fraction of sp³-hybridized carbons (Fsp3) is 0.800. The summed E-state index contributed by atoms with van der Waals surface area (Å²) in [5.74, 6) is -0.248. The van der Waals surface area contributed by atoms with Crippen molar-refractivity contribution in [3.63, 3.8) is 0 Å². The molecule has 0 aromatic rings. The third kappa shape index (κ3) is 39.5.